The van der Waals surface area contributed by atoms with Gasteiger partial charge in [-0.25, -0.2) is 9.78 Å². The van der Waals surface area contributed by atoms with Gasteiger partial charge in [-0.1, -0.05) is 0 Å². The second-order valence-corrected chi connectivity index (χ2v) is 3.33. The lowest BCUT2D eigenvalue weighted by atomic mass is 10.4. The highest BCUT2D eigenvalue weighted by atomic mass is 19.3. The van der Waals surface area contributed by atoms with Crippen molar-refractivity contribution < 1.29 is 23.0 Å². The quantitative estimate of drug-likeness (QED) is 0.786. The van der Waals surface area contributed by atoms with E-state index in [2.05, 4.69) is 9.72 Å². The maximum atomic E-state index is 12.0. The molecule has 0 aliphatic carbocycles. The Balaban J connectivity index is 2.34. The summed E-state index contributed by atoms with van der Waals surface area (Å²) in [7, 11) is 0. The first kappa shape index (κ1) is 12.3. The highest BCUT2D eigenvalue weighted by Gasteiger charge is 2.14. The van der Waals surface area contributed by atoms with Gasteiger partial charge in [0.25, 0.3) is 0 Å². The van der Waals surface area contributed by atoms with E-state index in [1.54, 1.807) is 6.92 Å². The van der Waals surface area contributed by atoms with Gasteiger partial charge in [0.2, 0.25) is 0 Å². The molecule has 7 heteroatoms. The van der Waals surface area contributed by atoms with Gasteiger partial charge >= 0.3 is 12.6 Å². The molecule has 2 heterocycles. The Morgan fingerprint density at radius 2 is 2.33 bits per heavy atom. The van der Waals surface area contributed by atoms with Crippen molar-refractivity contribution in [1.82, 2.24) is 9.38 Å². The first-order chi connectivity index (χ1) is 8.61. The molecule has 0 spiro atoms. The number of imidazole rings is 1. The molecule has 2 rings (SSSR count). The molecule has 0 aliphatic heterocycles. The molecule has 0 aromatic carbocycles. The van der Waals surface area contributed by atoms with Crippen molar-refractivity contribution in [2.75, 3.05) is 6.61 Å². The summed E-state index contributed by atoms with van der Waals surface area (Å²) in [4.78, 5) is 15.5. The number of carbonyl (C=O) groups is 1. The lowest BCUT2D eigenvalue weighted by molar-refractivity contribution is -0.0498. The minimum absolute atomic E-state index is 0.0153. The molecule has 0 unspecified atom stereocenters. The van der Waals surface area contributed by atoms with E-state index in [1.165, 1.54) is 28.9 Å². The number of halogens is 2. The fraction of sp³-hybridized carbons (Fsp3) is 0.273. The average molecular weight is 256 g/mol. The zero-order chi connectivity index (χ0) is 13.1. The SMILES string of the molecule is CCOC(=O)c1cnc2cc(OC(F)F)ccn12. The average Bonchev–Trinajstić information content (AvgIpc) is 2.71. The predicted octanol–water partition coefficient (Wildman–Crippen LogP) is 2.11. The van der Waals surface area contributed by atoms with Gasteiger partial charge in [-0.3, -0.25) is 4.40 Å². The molecule has 2 aromatic rings. The van der Waals surface area contributed by atoms with Crippen LogP contribution in [-0.2, 0) is 4.74 Å². The summed E-state index contributed by atoms with van der Waals surface area (Å²) in [6, 6.07) is 2.64. The van der Waals surface area contributed by atoms with Crippen molar-refractivity contribution in [2.24, 2.45) is 0 Å². The van der Waals surface area contributed by atoms with Crippen LogP contribution in [0.1, 0.15) is 17.4 Å². The maximum absolute atomic E-state index is 12.0. The number of aromatic nitrogens is 2. The topological polar surface area (TPSA) is 52.8 Å². The number of nitrogens with zero attached hydrogens (tertiary/aromatic N) is 2. The second kappa shape index (κ2) is 4.99. The molecular weight excluding hydrogens is 246 g/mol. The molecule has 18 heavy (non-hydrogen) atoms. The molecule has 2 aromatic heterocycles. The summed E-state index contributed by atoms with van der Waals surface area (Å²) < 4.78 is 34.6. The van der Waals surface area contributed by atoms with Crippen molar-refractivity contribution in [3.8, 4) is 5.75 Å². The number of hydrogen-bond donors (Lipinski definition) is 0. The summed E-state index contributed by atoms with van der Waals surface area (Å²) >= 11 is 0. The molecule has 0 radical (unpaired) electrons. The summed E-state index contributed by atoms with van der Waals surface area (Å²) in [6.07, 6.45) is 2.74. The van der Waals surface area contributed by atoms with Crippen molar-refractivity contribution in [2.45, 2.75) is 13.5 Å². The Kier molecular flexibility index (Phi) is 3.40. The highest BCUT2D eigenvalue weighted by Crippen LogP contribution is 2.17. The van der Waals surface area contributed by atoms with Crippen molar-refractivity contribution in [3.63, 3.8) is 0 Å². The standard InChI is InChI=1S/C11H10F2N2O3/c1-2-17-10(16)8-6-14-9-5-7(18-11(12)13)3-4-15(8)9/h3-6,11H,2H2,1H3. The predicted molar refractivity (Wildman–Crippen MR) is 57.8 cm³/mol. The Bertz CT molecular complexity index is 568. The number of esters is 1. The number of alkyl halides is 2. The van der Waals surface area contributed by atoms with Crippen molar-refractivity contribution >= 4 is 11.6 Å². The lowest BCUT2D eigenvalue weighted by Crippen LogP contribution is -2.08. The van der Waals surface area contributed by atoms with Gasteiger partial charge in [-0.05, 0) is 13.0 Å². The normalized spacial score (nSPS) is 10.9. The van der Waals surface area contributed by atoms with Crippen LogP contribution < -0.4 is 4.74 Å². The van der Waals surface area contributed by atoms with Crippen LogP contribution in [0.2, 0.25) is 0 Å². The van der Waals surface area contributed by atoms with E-state index in [0.717, 1.165) is 0 Å². The van der Waals surface area contributed by atoms with E-state index >= 15 is 0 Å². The van der Waals surface area contributed by atoms with E-state index < -0.39 is 12.6 Å². The molecule has 0 fully saturated rings. The Hall–Kier alpha value is -2.18. The molecule has 0 aliphatic rings. The monoisotopic (exact) mass is 256 g/mol. The molecule has 0 atom stereocenters. The molecule has 0 N–H and O–H groups in total. The second-order valence-electron chi connectivity index (χ2n) is 3.33. The lowest BCUT2D eigenvalue weighted by Gasteiger charge is -2.05. The number of hydrogen-bond acceptors (Lipinski definition) is 4. The van der Waals surface area contributed by atoms with Crippen molar-refractivity contribution in [3.05, 3.63) is 30.2 Å². The van der Waals surface area contributed by atoms with Crippen LogP contribution in [-0.4, -0.2) is 28.6 Å². The van der Waals surface area contributed by atoms with Gasteiger partial charge in [0.15, 0.2) is 5.69 Å². The summed E-state index contributed by atoms with van der Waals surface area (Å²) in [6.45, 7) is -0.958. The Morgan fingerprint density at radius 1 is 1.56 bits per heavy atom. The number of fused-ring (bicyclic) bond motifs is 1. The number of carbonyl (C=O) groups excluding carboxylic acids is 1. The van der Waals surface area contributed by atoms with Crippen LogP contribution in [0.15, 0.2) is 24.5 Å². The molecule has 96 valence electrons. The Labute approximate surface area is 101 Å². The third kappa shape index (κ3) is 2.39. The number of rotatable bonds is 4. The summed E-state index contributed by atoms with van der Waals surface area (Å²) in [5.41, 5.74) is 0.562. The third-order valence-corrected chi connectivity index (χ3v) is 2.19. The van der Waals surface area contributed by atoms with E-state index in [9.17, 15) is 13.6 Å². The summed E-state index contributed by atoms with van der Waals surface area (Å²) in [5, 5.41) is 0. The number of pyridine rings is 1. The molecule has 0 bridgehead atoms. The van der Waals surface area contributed by atoms with E-state index in [4.69, 9.17) is 4.74 Å². The van der Waals surface area contributed by atoms with Crippen LogP contribution in [0.5, 0.6) is 5.75 Å². The Morgan fingerprint density at radius 3 is 3.00 bits per heavy atom. The van der Waals surface area contributed by atoms with E-state index in [-0.39, 0.29) is 18.1 Å². The van der Waals surface area contributed by atoms with Gasteiger partial charge in [0, 0.05) is 12.3 Å². The summed E-state index contributed by atoms with van der Waals surface area (Å²) in [5.74, 6) is -0.536. The largest absolute Gasteiger partial charge is 0.461 e. The van der Waals surface area contributed by atoms with Crippen LogP contribution in [0.3, 0.4) is 0 Å². The minimum Gasteiger partial charge on any atom is -0.461 e. The third-order valence-electron chi connectivity index (χ3n) is 2.19. The molecule has 0 amide bonds. The van der Waals surface area contributed by atoms with Gasteiger partial charge < -0.3 is 9.47 Å². The van der Waals surface area contributed by atoms with E-state index in [1.807, 2.05) is 0 Å². The fourth-order valence-corrected chi connectivity index (χ4v) is 1.49. The van der Waals surface area contributed by atoms with Gasteiger partial charge in [0.1, 0.15) is 11.4 Å². The van der Waals surface area contributed by atoms with Crippen LogP contribution in [0.25, 0.3) is 5.65 Å². The van der Waals surface area contributed by atoms with Crippen LogP contribution in [0.4, 0.5) is 8.78 Å². The van der Waals surface area contributed by atoms with Crippen molar-refractivity contribution in [1.29, 1.82) is 0 Å². The van der Waals surface area contributed by atoms with Gasteiger partial charge in [-0.2, -0.15) is 8.78 Å². The zero-order valence-corrected chi connectivity index (χ0v) is 9.47. The zero-order valence-electron chi connectivity index (χ0n) is 9.47. The van der Waals surface area contributed by atoms with Gasteiger partial charge in [-0.15, -0.1) is 0 Å². The molecule has 0 saturated heterocycles. The van der Waals surface area contributed by atoms with Gasteiger partial charge in [0.05, 0.1) is 12.8 Å². The molecule has 0 saturated carbocycles. The minimum atomic E-state index is -2.90. The van der Waals surface area contributed by atoms with Crippen LogP contribution in [0, 0.1) is 0 Å². The smallest absolute Gasteiger partial charge is 0.387 e. The number of ether oxygens (including phenoxy) is 2. The first-order valence-corrected chi connectivity index (χ1v) is 5.21. The fourth-order valence-electron chi connectivity index (χ4n) is 1.49. The maximum Gasteiger partial charge on any atom is 0.387 e. The van der Waals surface area contributed by atoms with E-state index in [0.29, 0.717) is 5.65 Å². The molecular formula is C11H10F2N2O3. The molecule has 5 nitrogen and oxygen atoms in total. The highest BCUT2D eigenvalue weighted by molar-refractivity contribution is 5.88. The first-order valence-electron chi connectivity index (χ1n) is 5.21. The van der Waals surface area contributed by atoms with Crippen LogP contribution >= 0.6 is 0 Å².